The van der Waals surface area contributed by atoms with Crippen molar-refractivity contribution in [3.8, 4) is 22.9 Å². The van der Waals surface area contributed by atoms with Gasteiger partial charge in [0.1, 0.15) is 11.3 Å². The minimum Gasteiger partial charge on any atom is -0.480 e. The molecular formula is C25H29F3N4O7. The number of anilines is 1. The van der Waals surface area contributed by atoms with Gasteiger partial charge in [-0.1, -0.05) is 12.1 Å². The number of alkyl halides is 3. The number of hydrogen-bond acceptors (Lipinski definition) is 8. The van der Waals surface area contributed by atoms with E-state index in [1.807, 2.05) is 0 Å². The van der Waals surface area contributed by atoms with Crippen LogP contribution in [0, 0.1) is 0 Å². The second-order valence-corrected chi connectivity index (χ2v) is 9.40. The van der Waals surface area contributed by atoms with Crippen LogP contribution in [0.15, 0.2) is 30.3 Å². The second-order valence-electron chi connectivity index (χ2n) is 9.40. The molecule has 0 atom stereocenters. The second kappa shape index (κ2) is 11.7. The van der Waals surface area contributed by atoms with Gasteiger partial charge in [-0.05, 0) is 44.5 Å². The lowest BCUT2D eigenvalue weighted by Crippen LogP contribution is -2.51. The predicted molar refractivity (Wildman–Crippen MR) is 133 cm³/mol. The first-order valence-corrected chi connectivity index (χ1v) is 11.8. The molecule has 1 aliphatic heterocycles. The van der Waals surface area contributed by atoms with Crippen LogP contribution in [0.2, 0.25) is 0 Å². The highest BCUT2D eigenvalue weighted by molar-refractivity contribution is 5.96. The molecule has 1 saturated heterocycles. The fourth-order valence-corrected chi connectivity index (χ4v) is 3.70. The van der Waals surface area contributed by atoms with E-state index in [-0.39, 0.29) is 30.4 Å². The normalized spacial score (nSPS) is 13.9. The van der Waals surface area contributed by atoms with Gasteiger partial charge in [-0.25, -0.2) is 9.59 Å². The predicted octanol–water partition coefficient (Wildman–Crippen LogP) is 4.53. The van der Waals surface area contributed by atoms with Gasteiger partial charge >= 0.3 is 18.5 Å². The summed E-state index contributed by atoms with van der Waals surface area (Å²) < 4.78 is 57.8. The molecule has 0 saturated carbocycles. The Bertz CT molecular complexity index is 1220. The minimum atomic E-state index is -5.09. The molecule has 1 N–H and O–H groups in total. The Balaban J connectivity index is 1.86. The number of hydrogen-bond donors (Lipinski definition) is 1. The van der Waals surface area contributed by atoms with E-state index >= 15 is 0 Å². The number of carbonyl (C=O) groups is 3. The van der Waals surface area contributed by atoms with E-state index in [9.17, 15) is 27.6 Å². The van der Waals surface area contributed by atoms with Gasteiger partial charge in [0.15, 0.2) is 0 Å². The van der Waals surface area contributed by atoms with Gasteiger partial charge in [0, 0.05) is 37.3 Å². The van der Waals surface area contributed by atoms with E-state index in [1.54, 1.807) is 43.9 Å². The number of amides is 3. The van der Waals surface area contributed by atoms with Crippen molar-refractivity contribution in [1.82, 2.24) is 14.8 Å². The summed E-state index contributed by atoms with van der Waals surface area (Å²) >= 11 is 0. The summed E-state index contributed by atoms with van der Waals surface area (Å²) in [6, 6.07) is 7.47. The summed E-state index contributed by atoms with van der Waals surface area (Å²) in [4.78, 5) is 44.2. The number of carbonyl (C=O) groups excluding carboxylic acids is 3. The van der Waals surface area contributed by atoms with Gasteiger partial charge in [0.25, 0.3) is 5.91 Å². The van der Waals surface area contributed by atoms with Gasteiger partial charge in [0.2, 0.25) is 11.8 Å². The molecule has 0 radical (unpaired) electrons. The molecule has 0 aliphatic carbocycles. The highest BCUT2D eigenvalue weighted by atomic mass is 19.4. The van der Waals surface area contributed by atoms with Crippen LogP contribution >= 0.6 is 0 Å². The van der Waals surface area contributed by atoms with Crippen molar-refractivity contribution in [1.29, 1.82) is 0 Å². The number of aromatic nitrogens is 1. The average Bonchev–Trinajstić information content (AvgIpc) is 2.87. The summed E-state index contributed by atoms with van der Waals surface area (Å²) in [5.41, 5.74) is -0.209. The third-order valence-corrected chi connectivity index (χ3v) is 5.42. The molecule has 212 valence electrons. The third-order valence-electron chi connectivity index (χ3n) is 5.42. The topological polar surface area (TPSA) is 120 Å². The molecular weight excluding hydrogens is 525 g/mol. The first-order chi connectivity index (χ1) is 18.2. The number of pyridine rings is 1. The first kappa shape index (κ1) is 29.3. The molecule has 3 amide bonds. The van der Waals surface area contributed by atoms with Crippen molar-refractivity contribution in [2.75, 3.05) is 45.7 Å². The lowest BCUT2D eigenvalue weighted by Gasteiger charge is -2.35. The van der Waals surface area contributed by atoms with Crippen molar-refractivity contribution in [2.24, 2.45) is 0 Å². The lowest BCUT2D eigenvalue weighted by molar-refractivity contribution is -0.275. The monoisotopic (exact) mass is 554 g/mol. The highest BCUT2D eigenvalue weighted by Gasteiger charge is 2.34. The van der Waals surface area contributed by atoms with Crippen molar-refractivity contribution >= 4 is 23.8 Å². The molecule has 2 heterocycles. The molecule has 1 aromatic carbocycles. The molecule has 1 aromatic heterocycles. The van der Waals surface area contributed by atoms with Crippen molar-refractivity contribution < 1.29 is 46.5 Å². The molecule has 2 aromatic rings. The van der Waals surface area contributed by atoms with Crippen molar-refractivity contribution in [2.45, 2.75) is 32.7 Å². The van der Waals surface area contributed by atoms with Crippen LogP contribution in [0.4, 0.5) is 28.4 Å². The van der Waals surface area contributed by atoms with Gasteiger partial charge < -0.3 is 28.7 Å². The number of rotatable bonds is 5. The van der Waals surface area contributed by atoms with Crippen LogP contribution in [-0.2, 0) is 9.47 Å². The minimum absolute atomic E-state index is 0.183. The summed E-state index contributed by atoms with van der Waals surface area (Å²) in [5, 5.41) is 2.14. The van der Waals surface area contributed by atoms with E-state index in [1.165, 1.54) is 24.1 Å². The Morgan fingerprint density at radius 1 is 0.949 bits per heavy atom. The molecule has 14 heteroatoms. The van der Waals surface area contributed by atoms with Gasteiger partial charge in [-0.3, -0.25) is 10.1 Å². The molecule has 3 rings (SSSR count). The van der Waals surface area contributed by atoms with E-state index in [0.29, 0.717) is 24.2 Å². The smallest absolute Gasteiger partial charge is 0.480 e. The zero-order valence-corrected chi connectivity index (χ0v) is 22.0. The maximum Gasteiger partial charge on any atom is 0.574 e. The van der Waals surface area contributed by atoms with Crippen molar-refractivity contribution in [3.63, 3.8) is 0 Å². The fraction of sp³-hybridized carbons (Fsp3) is 0.440. The van der Waals surface area contributed by atoms with Crippen LogP contribution in [0.25, 0.3) is 11.1 Å². The maximum absolute atomic E-state index is 13.2. The number of benzene rings is 1. The van der Waals surface area contributed by atoms with E-state index < -0.39 is 35.7 Å². The van der Waals surface area contributed by atoms with Gasteiger partial charge in [-0.2, -0.15) is 4.98 Å². The number of ether oxygens (including phenoxy) is 4. The number of halogens is 3. The van der Waals surface area contributed by atoms with Crippen LogP contribution in [0.3, 0.4) is 0 Å². The third kappa shape index (κ3) is 7.88. The number of nitrogens with one attached hydrogen (secondary N) is 1. The van der Waals surface area contributed by atoms with E-state index in [2.05, 4.69) is 19.8 Å². The molecule has 0 bridgehead atoms. The standard InChI is InChI=1S/C25H29F3N4O7/c1-24(2,3)39-23(35)32-11-9-31(10-12-32)21(33)16-8-6-7-15(13-16)17-14-18(29-22(34)37-5)20(30-19(17)36-4)38-25(26,27)28/h6-8,13-14H,9-12H2,1-5H3,(H,29,34). The Hall–Kier alpha value is -4.23. The molecule has 0 spiro atoms. The number of methoxy groups -OCH3 is 2. The number of piperazine rings is 1. The molecule has 1 aliphatic rings. The fourth-order valence-electron chi connectivity index (χ4n) is 3.70. The summed E-state index contributed by atoms with van der Waals surface area (Å²) in [6.45, 7) is 6.46. The lowest BCUT2D eigenvalue weighted by atomic mass is 10.0. The largest absolute Gasteiger partial charge is 0.574 e. The van der Waals surface area contributed by atoms with E-state index in [0.717, 1.165) is 7.11 Å². The van der Waals surface area contributed by atoms with Gasteiger partial charge in [0.05, 0.1) is 14.2 Å². The molecule has 11 nitrogen and oxygen atoms in total. The Morgan fingerprint density at radius 2 is 1.59 bits per heavy atom. The Morgan fingerprint density at radius 3 is 2.15 bits per heavy atom. The molecule has 0 unspecified atom stereocenters. The molecule has 1 fully saturated rings. The van der Waals surface area contributed by atoms with Crippen LogP contribution in [-0.4, -0.2) is 85.2 Å². The molecule has 39 heavy (non-hydrogen) atoms. The van der Waals surface area contributed by atoms with Gasteiger partial charge in [-0.15, -0.1) is 13.2 Å². The Labute approximate surface area is 222 Å². The van der Waals surface area contributed by atoms with Crippen molar-refractivity contribution in [3.05, 3.63) is 35.9 Å². The van der Waals surface area contributed by atoms with Crippen LogP contribution in [0.1, 0.15) is 31.1 Å². The highest BCUT2D eigenvalue weighted by Crippen LogP contribution is 2.38. The van der Waals surface area contributed by atoms with Crippen LogP contribution < -0.4 is 14.8 Å². The summed E-state index contributed by atoms with van der Waals surface area (Å²) in [5.74, 6) is -1.50. The first-order valence-electron chi connectivity index (χ1n) is 11.8. The average molecular weight is 555 g/mol. The summed E-state index contributed by atoms with van der Waals surface area (Å²) in [6.07, 6.45) is -6.59. The number of nitrogens with zero attached hydrogens (tertiary/aromatic N) is 3. The zero-order chi connectivity index (χ0) is 29.0. The zero-order valence-electron chi connectivity index (χ0n) is 22.0. The maximum atomic E-state index is 13.2. The Kier molecular flexibility index (Phi) is 8.77. The summed E-state index contributed by atoms with van der Waals surface area (Å²) in [7, 11) is 2.25. The SMILES string of the molecule is COC(=O)Nc1cc(-c2cccc(C(=O)N3CCN(C(=O)OC(C)(C)C)CC3)c2)c(OC)nc1OC(F)(F)F. The van der Waals surface area contributed by atoms with Crippen LogP contribution in [0.5, 0.6) is 11.8 Å². The van der Waals surface area contributed by atoms with E-state index in [4.69, 9.17) is 9.47 Å². The quantitative estimate of drug-likeness (QED) is 0.573.